The number of carbonyl (C=O) groups excluding carboxylic acids is 1. The quantitative estimate of drug-likeness (QED) is 0.887. The highest BCUT2D eigenvalue weighted by molar-refractivity contribution is 5.77. The van der Waals surface area contributed by atoms with Gasteiger partial charge in [-0.2, -0.15) is 5.10 Å². The van der Waals surface area contributed by atoms with Gasteiger partial charge in [0.15, 0.2) is 6.61 Å². The summed E-state index contributed by atoms with van der Waals surface area (Å²) in [6, 6.07) is 7.81. The van der Waals surface area contributed by atoms with E-state index in [9.17, 15) is 4.79 Å². The van der Waals surface area contributed by atoms with Gasteiger partial charge in [-0.25, -0.2) is 0 Å². The topological polar surface area (TPSA) is 56.1 Å². The van der Waals surface area contributed by atoms with Gasteiger partial charge in [0.25, 0.3) is 5.91 Å². The average Bonchev–Trinajstić information content (AvgIpc) is 2.92. The van der Waals surface area contributed by atoms with Gasteiger partial charge in [-0.3, -0.25) is 9.48 Å². The summed E-state index contributed by atoms with van der Waals surface area (Å²) in [5.74, 6) is 0.586. The summed E-state index contributed by atoms with van der Waals surface area (Å²) in [4.78, 5) is 11.6. The molecule has 1 aromatic carbocycles. The van der Waals surface area contributed by atoms with E-state index >= 15 is 0 Å². The summed E-state index contributed by atoms with van der Waals surface area (Å²) in [6.45, 7) is 4.04. The minimum Gasteiger partial charge on any atom is -0.484 e. The molecule has 0 aliphatic heterocycles. The lowest BCUT2D eigenvalue weighted by atomic mass is 10.1. The molecule has 1 aromatic heterocycles. The van der Waals surface area contributed by atoms with Crippen molar-refractivity contribution in [2.24, 2.45) is 7.05 Å². The Hall–Kier alpha value is -2.30. The van der Waals surface area contributed by atoms with Crippen LogP contribution in [0.1, 0.15) is 20.3 Å². The molecule has 0 radical (unpaired) electrons. The van der Waals surface area contributed by atoms with Crippen LogP contribution in [0.3, 0.4) is 0 Å². The molecule has 0 aliphatic carbocycles. The van der Waals surface area contributed by atoms with E-state index in [1.807, 2.05) is 57.6 Å². The van der Waals surface area contributed by atoms with Crippen molar-refractivity contribution in [1.29, 1.82) is 0 Å². The fourth-order valence-electron chi connectivity index (χ4n) is 1.88. The molecule has 2 aromatic rings. The molecule has 0 fully saturated rings. The second-order valence-corrected chi connectivity index (χ2v) is 5.09. The van der Waals surface area contributed by atoms with Crippen LogP contribution < -0.4 is 10.1 Å². The minimum atomic E-state index is -0.0966. The number of benzene rings is 1. The molecule has 5 heteroatoms. The smallest absolute Gasteiger partial charge is 0.258 e. The number of aryl methyl sites for hydroxylation is 1. The van der Waals surface area contributed by atoms with Crippen LogP contribution in [0.15, 0.2) is 36.7 Å². The summed E-state index contributed by atoms with van der Waals surface area (Å²) in [5, 5.41) is 7.01. The van der Waals surface area contributed by atoms with E-state index in [0.29, 0.717) is 5.75 Å². The van der Waals surface area contributed by atoms with Crippen molar-refractivity contribution in [2.45, 2.75) is 26.3 Å². The summed E-state index contributed by atoms with van der Waals surface area (Å²) in [7, 11) is 1.89. The summed E-state index contributed by atoms with van der Waals surface area (Å²) < 4.78 is 7.24. The van der Waals surface area contributed by atoms with Crippen LogP contribution >= 0.6 is 0 Å². The van der Waals surface area contributed by atoms with E-state index in [1.54, 1.807) is 4.68 Å². The molecule has 0 aliphatic rings. The monoisotopic (exact) mass is 287 g/mol. The third kappa shape index (κ3) is 4.34. The summed E-state index contributed by atoms with van der Waals surface area (Å²) in [5.41, 5.74) is 2.12. The molecule has 1 heterocycles. The van der Waals surface area contributed by atoms with Crippen molar-refractivity contribution in [1.82, 2.24) is 15.1 Å². The van der Waals surface area contributed by atoms with E-state index in [4.69, 9.17) is 4.74 Å². The van der Waals surface area contributed by atoms with Crippen LogP contribution in [0, 0.1) is 0 Å². The van der Waals surface area contributed by atoms with Crippen LogP contribution in [0.4, 0.5) is 0 Å². The Labute approximate surface area is 124 Å². The summed E-state index contributed by atoms with van der Waals surface area (Å²) >= 11 is 0. The van der Waals surface area contributed by atoms with Crippen molar-refractivity contribution in [3.8, 4) is 16.9 Å². The Bertz CT molecular complexity index is 590. The lowest BCUT2D eigenvalue weighted by Crippen LogP contribution is -2.35. The highest BCUT2D eigenvalue weighted by atomic mass is 16.5. The van der Waals surface area contributed by atoms with Gasteiger partial charge in [0, 0.05) is 24.8 Å². The molecule has 0 spiro atoms. The third-order valence-electron chi connectivity index (χ3n) is 3.28. The molecule has 0 saturated carbocycles. The maximum absolute atomic E-state index is 11.6. The Morgan fingerprint density at radius 2 is 2.05 bits per heavy atom. The first-order valence-electron chi connectivity index (χ1n) is 7.09. The van der Waals surface area contributed by atoms with Crippen LogP contribution in [0.5, 0.6) is 5.75 Å². The molecule has 1 amide bonds. The molecule has 1 N–H and O–H groups in total. The van der Waals surface area contributed by atoms with Gasteiger partial charge in [-0.1, -0.05) is 19.1 Å². The Balaban J connectivity index is 1.89. The zero-order valence-corrected chi connectivity index (χ0v) is 12.7. The van der Waals surface area contributed by atoms with Crippen LogP contribution in [-0.4, -0.2) is 28.3 Å². The molecule has 0 saturated heterocycles. The molecule has 112 valence electrons. The predicted octanol–water partition coefficient (Wildman–Crippen LogP) is 2.38. The van der Waals surface area contributed by atoms with E-state index < -0.39 is 0 Å². The number of ether oxygens (including phenoxy) is 1. The van der Waals surface area contributed by atoms with Crippen molar-refractivity contribution >= 4 is 5.91 Å². The van der Waals surface area contributed by atoms with E-state index in [2.05, 4.69) is 10.4 Å². The number of hydrogen-bond donors (Lipinski definition) is 1. The van der Waals surface area contributed by atoms with Gasteiger partial charge in [-0.15, -0.1) is 0 Å². The molecular weight excluding hydrogens is 266 g/mol. The number of aromatic nitrogens is 2. The van der Waals surface area contributed by atoms with E-state index in [1.165, 1.54) is 0 Å². The number of nitrogens with zero attached hydrogens (tertiary/aromatic N) is 2. The highest BCUT2D eigenvalue weighted by Crippen LogP contribution is 2.21. The number of hydrogen-bond acceptors (Lipinski definition) is 3. The van der Waals surface area contributed by atoms with Gasteiger partial charge < -0.3 is 10.1 Å². The number of carbonyl (C=O) groups is 1. The molecule has 0 unspecified atom stereocenters. The summed E-state index contributed by atoms with van der Waals surface area (Å²) in [6.07, 6.45) is 4.68. The molecule has 2 rings (SSSR count). The first-order chi connectivity index (χ1) is 10.1. The fraction of sp³-hybridized carbons (Fsp3) is 0.375. The molecular formula is C16H21N3O2. The molecule has 5 nitrogen and oxygen atoms in total. The lowest BCUT2D eigenvalue weighted by molar-refractivity contribution is -0.123. The second-order valence-electron chi connectivity index (χ2n) is 5.09. The van der Waals surface area contributed by atoms with Crippen molar-refractivity contribution < 1.29 is 9.53 Å². The molecule has 21 heavy (non-hydrogen) atoms. The van der Waals surface area contributed by atoms with Crippen LogP contribution in [0.2, 0.25) is 0 Å². The van der Waals surface area contributed by atoms with E-state index in [0.717, 1.165) is 17.5 Å². The average molecular weight is 287 g/mol. The maximum atomic E-state index is 11.6. The van der Waals surface area contributed by atoms with Gasteiger partial charge in [-0.05, 0) is 31.0 Å². The number of nitrogens with one attached hydrogen (secondary N) is 1. The fourth-order valence-corrected chi connectivity index (χ4v) is 1.88. The van der Waals surface area contributed by atoms with Crippen LogP contribution in [-0.2, 0) is 11.8 Å². The van der Waals surface area contributed by atoms with Crippen molar-refractivity contribution in [2.75, 3.05) is 6.61 Å². The van der Waals surface area contributed by atoms with Crippen molar-refractivity contribution in [3.63, 3.8) is 0 Å². The largest absolute Gasteiger partial charge is 0.484 e. The normalized spacial score (nSPS) is 12.0. The zero-order chi connectivity index (χ0) is 15.2. The first kappa shape index (κ1) is 15.1. The third-order valence-corrected chi connectivity index (χ3v) is 3.28. The number of amides is 1. The minimum absolute atomic E-state index is 0.0383. The lowest BCUT2D eigenvalue weighted by Gasteiger charge is -2.12. The predicted molar refractivity (Wildman–Crippen MR) is 82.0 cm³/mol. The van der Waals surface area contributed by atoms with Gasteiger partial charge >= 0.3 is 0 Å². The van der Waals surface area contributed by atoms with Gasteiger partial charge in [0.05, 0.1) is 6.20 Å². The van der Waals surface area contributed by atoms with Crippen molar-refractivity contribution in [3.05, 3.63) is 36.7 Å². The molecule has 1 atom stereocenters. The molecule has 0 bridgehead atoms. The standard InChI is InChI=1S/C16H21N3O2/c1-4-12(2)18-16(20)11-21-15-7-5-13(6-8-15)14-9-17-19(3)10-14/h5-10,12H,4,11H2,1-3H3,(H,18,20)/t12-/m0/s1. The van der Waals surface area contributed by atoms with Crippen LogP contribution in [0.25, 0.3) is 11.1 Å². The highest BCUT2D eigenvalue weighted by Gasteiger charge is 2.06. The number of rotatable bonds is 6. The zero-order valence-electron chi connectivity index (χ0n) is 12.7. The van der Waals surface area contributed by atoms with Gasteiger partial charge in [0.1, 0.15) is 5.75 Å². The Morgan fingerprint density at radius 1 is 1.33 bits per heavy atom. The maximum Gasteiger partial charge on any atom is 0.258 e. The SMILES string of the molecule is CC[C@H](C)NC(=O)COc1ccc(-c2cnn(C)c2)cc1. The second kappa shape index (κ2) is 6.92. The first-order valence-corrected chi connectivity index (χ1v) is 7.09. The Morgan fingerprint density at radius 3 is 2.62 bits per heavy atom. The Kier molecular flexibility index (Phi) is 4.98. The van der Waals surface area contributed by atoms with Gasteiger partial charge in [0.2, 0.25) is 0 Å². The van der Waals surface area contributed by atoms with E-state index in [-0.39, 0.29) is 18.6 Å².